The number of nitrogens with one attached hydrogen (secondary N) is 1. The van der Waals surface area contributed by atoms with Gasteiger partial charge in [0.25, 0.3) is 0 Å². The highest BCUT2D eigenvalue weighted by Gasteiger charge is 2.26. The maximum atomic E-state index is 4.31. The Morgan fingerprint density at radius 2 is 2.11 bits per heavy atom. The number of anilines is 1. The Labute approximate surface area is 108 Å². The standard InChI is InChI=1S/C15H21N3/c1-15(8-3-2-4-9-15)12-17-14-7-5-6-13-16-10-11-18(13)14/h5-7,10-11,17H,2-4,8-9,12H2,1H3. The predicted octanol–water partition coefficient (Wildman–Crippen LogP) is 3.72. The molecule has 0 bridgehead atoms. The van der Waals surface area contributed by atoms with Crippen LogP contribution >= 0.6 is 0 Å². The monoisotopic (exact) mass is 243 g/mol. The van der Waals surface area contributed by atoms with Crippen molar-refractivity contribution in [1.29, 1.82) is 0 Å². The Kier molecular flexibility index (Phi) is 2.98. The summed E-state index contributed by atoms with van der Waals surface area (Å²) in [4.78, 5) is 4.31. The van der Waals surface area contributed by atoms with Crippen LogP contribution in [0.25, 0.3) is 5.65 Å². The van der Waals surface area contributed by atoms with Crippen LogP contribution in [0.5, 0.6) is 0 Å². The number of hydrogen-bond donors (Lipinski definition) is 1. The molecule has 1 aliphatic rings. The molecular weight excluding hydrogens is 222 g/mol. The largest absolute Gasteiger partial charge is 0.371 e. The van der Waals surface area contributed by atoms with Gasteiger partial charge in [-0.2, -0.15) is 0 Å². The molecule has 0 saturated heterocycles. The first-order valence-electron chi connectivity index (χ1n) is 6.93. The molecule has 0 unspecified atom stereocenters. The number of hydrogen-bond acceptors (Lipinski definition) is 2. The van der Waals surface area contributed by atoms with Crippen molar-refractivity contribution in [1.82, 2.24) is 9.38 Å². The number of pyridine rings is 1. The van der Waals surface area contributed by atoms with Crippen LogP contribution in [0.2, 0.25) is 0 Å². The van der Waals surface area contributed by atoms with Gasteiger partial charge in [0.1, 0.15) is 11.5 Å². The molecule has 0 atom stereocenters. The average molecular weight is 243 g/mol. The van der Waals surface area contributed by atoms with E-state index in [2.05, 4.69) is 33.8 Å². The van der Waals surface area contributed by atoms with Crippen LogP contribution in [0.4, 0.5) is 5.82 Å². The van der Waals surface area contributed by atoms with Crippen LogP contribution < -0.4 is 5.32 Å². The molecule has 1 N–H and O–H groups in total. The molecule has 1 saturated carbocycles. The summed E-state index contributed by atoms with van der Waals surface area (Å²) in [6.45, 7) is 3.47. The zero-order valence-corrected chi connectivity index (χ0v) is 11.0. The van der Waals surface area contributed by atoms with E-state index in [0.717, 1.165) is 18.0 Å². The highest BCUT2D eigenvalue weighted by molar-refractivity contribution is 5.49. The van der Waals surface area contributed by atoms with Crippen LogP contribution in [0, 0.1) is 5.41 Å². The summed E-state index contributed by atoms with van der Waals surface area (Å²) in [5, 5.41) is 3.61. The minimum Gasteiger partial charge on any atom is -0.371 e. The lowest BCUT2D eigenvalue weighted by molar-refractivity contribution is 0.233. The van der Waals surface area contributed by atoms with E-state index in [-0.39, 0.29) is 0 Å². The van der Waals surface area contributed by atoms with Crippen LogP contribution in [-0.2, 0) is 0 Å². The molecule has 0 aromatic carbocycles. The third-order valence-electron chi connectivity index (χ3n) is 4.19. The third-order valence-corrected chi connectivity index (χ3v) is 4.19. The van der Waals surface area contributed by atoms with E-state index >= 15 is 0 Å². The van der Waals surface area contributed by atoms with Gasteiger partial charge >= 0.3 is 0 Å². The summed E-state index contributed by atoms with van der Waals surface area (Å²) in [7, 11) is 0. The number of rotatable bonds is 3. The summed E-state index contributed by atoms with van der Waals surface area (Å²) in [6, 6.07) is 6.22. The number of imidazole rings is 1. The lowest BCUT2D eigenvalue weighted by Crippen LogP contribution is -2.29. The van der Waals surface area contributed by atoms with Gasteiger partial charge in [-0.15, -0.1) is 0 Å². The summed E-state index contributed by atoms with van der Waals surface area (Å²) >= 11 is 0. The van der Waals surface area contributed by atoms with Crippen molar-refractivity contribution in [2.45, 2.75) is 39.0 Å². The van der Waals surface area contributed by atoms with Gasteiger partial charge < -0.3 is 5.32 Å². The van der Waals surface area contributed by atoms with Crippen molar-refractivity contribution in [2.75, 3.05) is 11.9 Å². The zero-order valence-electron chi connectivity index (χ0n) is 11.0. The third kappa shape index (κ3) is 2.22. The summed E-state index contributed by atoms with van der Waals surface area (Å²) in [6.07, 6.45) is 10.7. The fourth-order valence-electron chi connectivity index (χ4n) is 2.98. The maximum Gasteiger partial charge on any atom is 0.138 e. The molecule has 18 heavy (non-hydrogen) atoms. The number of fused-ring (bicyclic) bond motifs is 1. The second kappa shape index (κ2) is 4.63. The molecule has 1 aliphatic carbocycles. The van der Waals surface area contributed by atoms with Crippen molar-refractivity contribution in [3.8, 4) is 0 Å². The van der Waals surface area contributed by atoms with Crippen LogP contribution in [0.15, 0.2) is 30.6 Å². The van der Waals surface area contributed by atoms with Crippen LogP contribution in [0.3, 0.4) is 0 Å². The summed E-state index contributed by atoms with van der Waals surface area (Å²) < 4.78 is 2.12. The topological polar surface area (TPSA) is 29.3 Å². The van der Waals surface area contributed by atoms with Gasteiger partial charge in [0.15, 0.2) is 0 Å². The fraction of sp³-hybridized carbons (Fsp3) is 0.533. The Bertz CT molecular complexity index is 523. The first-order valence-corrected chi connectivity index (χ1v) is 6.93. The summed E-state index contributed by atoms with van der Waals surface area (Å²) in [5.74, 6) is 1.15. The molecular formula is C15H21N3. The summed E-state index contributed by atoms with van der Waals surface area (Å²) in [5.41, 5.74) is 1.47. The molecule has 1 fully saturated rings. The van der Waals surface area contributed by atoms with Gasteiger partial charge in [-0.3, -0.25) is 4.40 Å². The van der Waals surface area contributed by atoms with Gasteiger partial charge in [-0.25, -0.2) is 4.98 Å². The van der Waals surface area contributed by atoms with E-state index in [0.29, 0.717) is 5.41 Å². The lowest BCUT2D eigenvalue weighted by Gasteiger charge is -2.34. The zero-order chi connectivity index (χ0) is 12.4. The highest BCUT2D eigenvalue weighted by atomic mass is 15.1. The van der Waals surface area contributed by atoms with E-state index in [1.54, 1.807) is 0 Å². The van der Waals surface area contributed by atoms with Crippen molar-refractivity contribution in [3.63, 3.8) is 0 Å². The van der Waals surface area contributed by atoms with E-state index < -0.39 is 0 Å². The van der Waals surface area contributed by atoms with Crippen molar-refractivity contribution < 1.29 is 0 Å². The Hall–Kier alpha value is -1.51. The molecule has 3 heteroatoms. The first-order chi connectivity index (χ1) is 8.77. The van der Waals surface area contributed by atoms with Gasteiger partial charge in [-0.1, -0.05) is 32.3 Å². The molecule has 3 nitrogen and oxygen atoms in total. The minimum atomic E-state index is 0.459. The molecule has 96 valence electrons. The number of nitrogens with zero attached hydrogens (tertiary/aromatic N) is 2. The van der Waals surface area contributed by atoms with Crippen molar-refractivity contribution >= 4 is 11.5 Å². The van der Waals surface area contributed by atoms with E-state index in [4.69, 9.17) is 0 Å². The van der Waals surface area contributed by atoms with E-state index in [1.807, 2.05) is 18.5 Å². The second-order valence-electron chi connectivity index (χ2n) is 5.79. The van der Waals surface area contributed by atoms with E-state index in [9.17, 15) is 0 Å². The normalized spacial score (nSPS) is 18.9. The second-order valence-corrected chi connectivity index (χ2v) is 5.79. The van der Waals surface area contributed by atoms with Gasteiger partial charge in [0.2, 0.25) is 0 Å². The first kappa shape index (κ1) is 11.6. The molecule has 0 spiro atoms. The van der Waals surface area contributed by atoms with Gasteiger partial charge in [0, 0.05) is 18.9 Å². The molecule has 3 rings (SSSR count). The smallest absolute Gasteiger partial charge is 0.138 e. The van der Waals surface area contributed by atoms with Gasteiger partial charge in [-0.05, 0) is 30.4 Å². The predicted molar refractivity (Wildman–Crippen MR) is 74.9 cm³/mol. The quantitative estimate of drug-likeness (QED) is 0.890. The highest BCUT2D eigenvalue weighted by Crippen LogP contribution is 2.35. The Morgan fingerprint density at radius 3 is 2.94 bits per heavy atom. The fourth-order valence-corrected chi connectivity index (χ4v) is 2.98. The van der Waals surface area contributed by atoms with Crippen LogP contribution in [0.1, 0.15) is 39.0 Å². The maximum absolute atomic E-state index is 4.31. The molecule has 0 radical (unpaired) electrons. The average Bonchev–Trinajstić information content (AvgIpc) is 2.86. The Morgan fingerprint density at radius 1 is 1.28 bits per heavy atom. The lowest BCUT2D eigenvalue weighted by atomic mass is 9.76. The molecule has 2 aromatic rings. The molecule has 0 amide bonds. The molecule has 2 heterocycles. The van der Waals surface area contributed by atoms with Gasteiger partial charge in [0.05, 0.1) is 0 Å². The Balaban J connectivity index is 1.74. The number of aromatic nitrogens is 2. The van der Waals surface area contributed by atoms with Crippen molar-refractivity contribution in [2.24, 2.45) is 5.41 Å². The van der Waals surface area contributed by atoms with Crippen LogP contribution in [-0.4, -0.2) is 15.9 Å². The minimum absolute atomic E-state index is 0.459. The molecule has 0 aliphatic heterocycles. The van der Waals surface area contributed by atoms with Crippen molar-refractivity contribution in [3.05, 3.63) is 30.6 Å². The SMILES string of the molecule is CC1(CNc2cccc3nccn23)CCCCC1. The van der Waals surface area contributed by atoms with E-state index in [1.165, 1.54) is 32.1 Å². The molecule has 2 aromatic heterocycles.